The lowest BCUT2D eigenvalue weighted by atomic mass is 10.0. The highest BCUT2D eigenvalue weighted by Gasteiger charge is 2.22. The van der Waals surface area contributed by atoms with Crippen molar-refractivity contribution in [2.45, 2.75) is 0 Å². The Labute approximate surface area is 326 Å². The predicted octanol–water partition coefficient (Wildman–Crippen LogP) is 13.1. The Bertz CT molecular complexity index is 3170. The lowest BCUT2D eigenvalue weighted by molar-refractivity contribution is 1.07. The summed E-state index contributed by atoms with van der Waals surface area (Å²) in [5.74, 6) is 1.94. The van der Waals surface area contributed by atoms with Crippen molar-refractivity contribution in [3.8, 4) is 62.2 Å². The SMILES string of the molecule is c1ccc(-c2nc(-c3ccccc3)nc(-c3ccc(-c4cccc(-n5c6ccccc6c6c7c(sc65)c(-c5ccccc5)nc5ccccc57)c4)cc3)n2)cc1. The summed E-state index contributed by atoms with van der Waals surface area (Å²) >= 11 is 1.83. The second-order valence-electron chi connectivity index (χ2n) is 13.8. The molecule has 0 atom stereocenters. The third kappa shape index (κ3) is 5.38. The van der Waals surface area contributed by atoms with Crippen molar-refractivity contribution in [2.24, 2.45) is 0 Å². The van der Waals surface area contributed by atoms with Crippen molar-refractivity contribution in [1.82, 2.24) is 24.5 Å². The molecule has 262 valence electrons. The van der Waals surface area contributed by atoms with Gasteiger partial charge < -0.3 is 4.57 Å². The molecule has 0 N–H and O–H groups in total. The van der Waals surface area contributed by atoms with Gasteiger partial charge in [0.15, 0.2) is 17.5 Å². The molecule has 0 unspecified atom stereocenters. The number of hydrogen-bond acceptors (Lipinski definition) is 5. The summed E-state index contributed by atoms with van der Waals surface area (Å²) in [5.41, 5.74) is 10.5. The highest BCUT2D eigenvalue weighted by molar-refractivity contribution is 7.26. The Balaban J connectivity index is 1.04. The Morgan fingerprint density at radius 3 is 1.55 bits per heavy atom. The molecule has 0 radical (unpaired) electrons. The molecule has 5 nitrogen and oxygen atoms in total. The van der Waals surface area contributed by atoms with E-state index in [9.17, 15) is 0 Å². The zero-order chi connectivity index (χ0) is 37.0. The maximum Gasteiger partial charge on any atom is 0.164 e. The summed E-state index contributed by atoms with van der Waals surface area (Å²) in [6.45, 7) is 0. The Morgan fingerprint density at radius 2 is 0.893 bits per heavy atom. The van der Waals surface area contributed by atoms with Crippen molar-refractivity contribution in [2.75, 3.05) is 0 Å². The van der Waals surface area contributed by atoms with E-state index in [-0.39, 0.29) is 0 Å². The fraction of sp³-hybridized carbons (Fsp3) is 0. The average molecular weight is 734 g/mol. The number of aromatic nitrogens is 5. The van der Waals surface area contributed by atoms with Crippen LogP contribution in [0, 0.1) is 0 Å². The lowest BCUT2D eigenvalue weighted by Gasteiger charge is -2.11. The molecule has 56 heavy (non-hydrogen) atoms. The number of fused-ring (bicyclic) bond motifs is 7. The van der Waals surface area contributed by atoms with Gasteiger partial charge in [0.25, 0.3) is 0 Å². The molecule has 11 rings (SSSR count). The van der Waals surface area contributed by atoms with E-state index in [4.69, 9.17) is 19.9 Å². The predicted molar refractivity (Wildman–Crippen MR) is 232 cm³/mol. The molecule has 4 heterocycles. The topological polar surface area (TPSA) is 56.5 Å². The zero-order valence-corrected chi connectivity index (χ0v) is 30.9. The quantitative estimate of drug-likeness (QED) is 0.171. The van der Waals surface area contributed by atoms with Crippen LogP contribution in [0.15, 0.2) is 188 Å². The maximum atomic E-state index is 5.24. The van der Waals surface area contributed by atoms with Crippen molar-refractivity contribution in [3.63, 3.8) is 0 Å². The summed E-state index contributed by atoms with van der Waals surface area (Å²) in [4.78, 5) is 21.2. The van der Waals surface area contributed by atoms with Crippen LogP contribution in [0.5, 0.6) is 0 Å². The number of nitrogens with zero attached hydrogens (tertiary/aromatic N) is 5. The van der Waals surface area contributed by atoms with Crippen LogP contribution < -0.4 is 0 Å². The average Bonchev–Trinajstić information content (AvgIpc) is 3.82. The minimum Gasteiger partial charge on any atom is -0.301 e. The van der Waals surface area contributed by atoms with E-state index in [2.05, 4.69) is 132 Å². The van der Waals surface area contributed by atoms with Gasteiger partial charge in [0.2, 0.25) is 0 Å². The van der Waals surface area contributed by atoms with Crippen molar-refractivity contribution in [1.29, 1.82) is 0 Å². The standard InChI is InChI=1S/C50H31N5S/c1-4-15-33(16-5-1)45-46-43(39-23-10-12-25-41(39)51-45)44-40-24-11-13-26-42(40)55(50(44)56-46)38-22-14-21-37(31-38)32-27-29-36(30-28-32)49-53-47(34-17-6-2-7-18-34)52-48(54-49)35-19-8-3-9-20-35/h1-31H. The van der Waals surface area contributed by atoms with E-state index in [1.54, 1.807) is 0 Å². The van der Waals surface area contributed by atoms with Crippen molar-refractivity contribution >= 4 is 53.4 Å². The molecule has 7 aromatic carbocycles. The van der Waals surface area contributed by atoms with Gasteiger partial charge in [-0.15, -0.1) is 11.3 Å². The first kappa shape index (κ1) is 32.2. The normalized spacial score (nSPS) is 11.6. The summed E-state index contributed by atoms with van der Waals surface area (Å²) in [6, 6.07) is 65.4. The molecule has 0 aliphatic rings. The van der Waals surface area contributed by atoms with Crippen LogP contribution in [0.1, 0.15) is 0 Å². The van der Waals surface area contributed by atoms with Gasteiger partial charge in [0, 0.05) is 49.5 Å². The third-order valence-electron chi connectivity index (χ3n) is 10.5. The number of rotatable bonds is 6. The van der Waals surface area contributed by atoms with Crippen LogP contribution in [0.2, 0.25) is 0 Å². The first-order chi connectivity index (χ1) is 27.8. The van der Waals surface area contributed by atoms with E-state index >= 15 is 0 Å². The van der Waals surface area contributed by atoms with E-state index < -0.39 is 0 Å². The second kappa shape index (κ2) is 13.2. The van der Waals surface area contributed by atoms with Crippen LogP contribution in [0.3, 0.4) is 0 Å². The van der Waals surface area contributed by atoms with Crippen LogP contribution >= 0.6 is 11.3 Å². The minimum atomic E-state index is 0.640. The lowest BCUT2D eigenvalue weighted by Crippen LogP contribution is -2.00. The summed E-state index contributed by atoms with van der Waals surface area (Å²) in [5, 5.41) is 4.95. The molecule has 0 aliphatic heterocycles. The highest BCUT2D eigenvalue weighted by Crippen LogP contribution is 2.47. The van der Waals surface area contributed by atoms with Crippen molar-refractivity contribution in [3.05, 3.63) is 188 Å². The summed E-state index contributed by atoms with van der Waals surface area (Å²) in [6.07, 6.45) is 0. The first-order valence-corrected chi connectivity index (χ1v) is 19.5. The fourth-order valence-electron chi connectivity index (χ4n) is 7.82. The molecule has 0 bridgehead atoms. The van der Waals surface area contributed by atoms with Crippen LogP contribution in [0.4, 0.5) is 0 Å². The summed E-state index contributed by atoms with van der Waals surface area (Å²) in [7, 11) is 0. The molecule has 6 heteroatoms. The van der Waals surface area contributed by atoms with Gasteiger partial charge in [-0.05, 0) is 35.4 Å². The molecule has 0 saturated carbocycles. The zero-order valence-electron chi connectivity index (χ0n) is 30.0. The van der Waals surface area contributed by atoms with Gasteiger partial charge in [0.1, 0.15) is 4.83 Å². The Kier molecular flexibility index (Phi) is 7.60. The fourth-order valence-corrected chi connectivity index (χ4v) is 9.19. The molecule has 4 aromatic heterocycles. The third-order valence-corrected chi connectivity index (χ3v) is 11.6. The second-order valence-corrected chi connectivity index (χ2v) is 14.8. The number of pyridine rings is 1. The largest absolute Gasteiger partial charge is 0.301 e. The Hall–Kier alpha value is -7.28. The first-order valence-electron chi connectivity index (χ1n) is 18.6. The molecule has 11 aromatic rings. The number of para-hydroxylation sites is 2. The van der Waals surface area contributed by atoms with E-state index in [1.165, 1.54) is 36.6 Å². The molecule has 0 spiro atoms. The van der Waals surface area contributed by atoms with E-state index in [1.807, 2.05) is 72.0 Å². The van der Waals surface area contributed by atoms with Gasteiger partial charge >= 0.3 is 0 Å². The highest BCUT2D eigenvalue weighted by atomic mass is 32.1. The Morgan fingerprint density at radius 1 is 0.375 bits per heavy atom. The number of benzene rings is 7. The minimum absolute atomic E-state index is 0.640. The van der Waals surface area contributed by atoms with E-state index in [0.29, 0.717) is 17.5 Å². The molecule has 0 aliphatic carbocycles. The van der Waals surface area contributed by atoms with Gasteiger partial charge in [0.05, 0.1) is 21.4 Å². The monoisotopic (exact) mass is 733 g/mol. The smallest absolute Gasteiger partial charge is 0.164 e. The maximum absolute atomic E-state index is 5.24. The summed E-state index contributed by atoms with van der Waals surface area (Å²) < 4.78 is 3.63. The number of hydrogen-bond donors (Lipinski definition) is 0. The molecule has 0 amide bonds. The van der Waals surface area contributed by atoms with Crippen molar-refractivity contribution < 1.29 is 0 Å². The van der Waals surface area contributed by atoms with Gasteiger partial charge in [-0.2, -0.15) is 0 Å². The molecule has 0 fully saturated rings. The van der Waals surface area contributed by atoms with Crippen LogP contribution in [0.25, 0.3) is 104 Å². The van der Waals surface area contributed by atoms with Gasteiger partial charge in [-0.25, -0.2) is 19.9 Å². The number of thiophene rings is 1. The van der Waals surface area contributed by atoms with Gasteiger partial charge in [-0.1, -0.05) is 164 Å². The molecular weight excluding hydrogens is 703 g/mol. The molecular formula is C50H31N5S. The van der Waals surface area contributed by atoms with Gasteiger partial charge in [-0.3, -0.25) is 0 Å². The van der Waals surface area contributed by atoms with E-state index in [0.717, 1.165) is 50.3 Å². The van der Waals surface area contributed by atoms with Crippen LogP contribution in [-0.4, -0.2) is 24.5 Å². The van der Waals surface area contributed by atoms with Crippen LogP contribution in [-0.2, 0) is 0 Å². The molecule has 0 saturated heterocycles.